The average Bonchev–Trinajstić information content (AvgIpc) is 2.38. The quantitative estimate of drug-likeness (QED) is 0.774. The number of H-pyrrole nitrogens is 1. The number of pyridine rings is 1. The number of aromatic nitrogens is 1. The fourth-order valence-electron chi connectivity index (χ4n) is 2.23. The molecular formula is C13H17N3O3. The number of nitrogens with zero attached hydrogens (tertiary/aromatic N) is 2. The molecular weight excluding hydrogens is 246 g/mol. The molecule has 6 heteroatoms. The number of aryl methyl sites for hydroxylation is 1. The Kier molecular flexibility index (Phi) is 3.69. The number of carbonyl (C=O) groups excluding carboxylic acids is 2. The number of amides is 2. The molecule has 0 atom stereocenters. The van der Waals surface area contributed by atoms with Crippen molar-refractivity contribution in [1.82, 2.24) is 14.8 Å². The topological polar surface area (TPSA) is 73.5 Å². The van der Waals surface area contributed by atoms with Crippen LogP contribution in [0.2, 0.25) is 0 Å². The van der Waals surface area contributed by atoms with E-state index >= 15 is 0 Å². The lowest BCUT2D eigenvalue weighted by atomic mass is 10.1. The highest BCUT2D eigenvalue weighted by atomic mass is 16.2. The van der Waals surface area contributed by atoms with E-state index in [2.05, 4.69) is 4.98 Å². The normalized spacial score (nSPS) is 15.5. The summed E-state index contributed by atoms with van der Waals surface area (Å²) in [6.07, 6.45) is 1.53. The second-order valence-corrected chi connectivity index (χ2v) is 4.66. The molecule has 2 heterocycles. The summed E-state index contributed by atoms with van der Waals surface area (Å²) >= 11 is 0. The predicted octanol–water partition coefficient (Wildman–Crippen LogP) is -0.0124. The van der Waals surface area contributed by atoms with Gasteiger partial charge in [-0.1, -0.05) is 0 Å². The molecule has 0 saturated carbocycles. The van der Waals surface area contributed by atoms with Crippen LogP contribution < -0.4 is 5.56 Å². The van der Waals surface area contributed by atoms with Crippen molar-refractivity contribution in [2.24, 2.45) is 0 Å². The van der Waals surface area contributed by atoms with Gasteiger partial charge in [0.15, 0.2) is 0 Å². The van der Waals surface area contributed by atoms with E-state index in [0.717, 1.165) is 0 Å². The third-order valence-electron chi connectivity index (χ3n) is 3.40. The standard InChI is InChI=1S/C13H17N3O3/c1-9-3-4-14-12(18)11(9)13(19)16-7-5-15(6-8-16)10(2)17/h3-4H,5-8H2,1-2H3,(H,14,18). The zero-order valence-corrected chi connectivity index (χ0v) is 11.1. The van der Waals surface area contributed by atoms with Crippen LogP contribution >= 0.6 is 0 Å². The van der Waals surface area contributed by atoms with Gasteiger partial charge in [0, 0.05) is 39.3 Å². The summed E-state index contributed by atoms with van der Waals surface area (Å²) in [4.78, 5) is 41.1. The van der Waals surface area contributed by atoms with Crippen LogP contribution in [-0.2, 0) is 4.79 Å². The second-order valence-electron chi connectivity index (χ2n) is 4.66. The van der Waals surface area contributed by atoms with Crippen LogP contribution in [-0.4, -0.2) is 52.8 Å². The van der Waals surface area contributed by atoms with Gasteiger partial charge in [-0.25, -0.2) is 0 Å². The summed E-state index contributed by atoms with van der Waals surface area (Å²) in [5.41, 5.74) is 0.500. The fourth-order valence-corrected chi connectivity index (χ4v) is 2.23. The molecule has 0 aromatic carbocycles. The van der Waals surface area contributed by atoms with Crippen LogP contribution in [0.1, 0.15) is 22.8 Å². The summed E-state index contributed by atoms with van der Waals surface area (Å²) in [6, 6.07) is 1.71. The van der Waals surface area contributed by atoms with Crippen LogP contribution in [0, 0.1) is 6.92 Å². The average molecular weight is 263 g/mol. The van der Waals surface area contributed by atoms with E-state index in [0.29, 0.717) is 31.7 Å². The number of nitrogens with one attached hydrogen (secondary N) is 1. The molecule has 2 rings (SSSR count). The summed E-state index contributed by atoms with van der Waals surface area (Å²) in [5.74, 6) is -0.247. The van der Waals surface area contributed by atoms with E-state index in [1.165, 1.54) is 13.1 Å². The third kappa shape index (κ3) is 2.67. The summed E-state index contributed by atoms with van der Waals surface area (Å²) in [7, 11) is 0. The van der Waals surface area contributed by atoms with Gasteiger partial charge in [0.05, 0.1) is 0 Å². The largest absolute Gasteiger partial charge is 0.339 e. The van der Waals surface area contributed by atoms with Gasteiger partial charge in [0.25, 0.3) is 11.5 Å². The molecule has 0 aliphatic carbocycles. The second kappa shape index (κ2) is 5.26. The van der Waals surface area contributed by atoms with E-state index in [-0.39, 0.29) is 22.9 Å². The van der Waals surface area contributed by atoms with E-state index in [4.69, 9.17) is 0 Å². The molecule has 19 heavy (non-hydrogen) atoms. The summed E-state index contributed by atoms with van der Waals surface area (Å²) < 4.78 is 0. The van der Waals surface area contributed by atoms with E-state index in [9.17, 15) is 14.4 Å². The molecule has 0 radical (unpaired) electrons. The van der Waals surface area contributed by atoms with E-state index in [1.54, 1.807) is 22.8 Å². The minimum Gasteiger partial charge on any atom is -0.339 e. The lowest BCUT2D eigenvalue weighted by molar-refractivity contribution is -0.130. The minimum atomic E-state index is -0.362. The van der Waals surface area contributed by atoms with Gasteiger partial charge in [-0.2, -0.15) is 0 Å². The van der Waals surface area contributed by atoms with Crippen LogP contribution in [0.5, 0.6) is 0 Å². The molecule has 1 fully saturated rings. The van der Waals surface area contributed by atoms with Crippen molar-refractivity contribution in [1.29, 1.82) is 0 Å². The van der Waals surface area contributed by atoms with Gasteiger partial charge in [-0.3, -0.25) is 14.4 Å². The first-order valence-corrected chi connectivity index (χ1v) is 6.24. The van der Waals surface area contributed by atoms with Crippen molar-refractivity contribution in [3.8, 4) is 0 Å². The molecule has 0 unspecified atom stereocenters. The van der Waals surface area contributed by atoms with Crippen molar-refractivity contribution in [2.45, 2.75) is 13.8 Å². The van der Waals surface area contributed by atoms with Crippen LogP contribution in [0.3, 0.4) is 0 Å². The first kappa shape index (κ1) is 13.3. The number of rotatable bonds is 1. The van der Waals surface area contributed by atoms with E-state index < -0.39 is 0 Å². The first-order valence-electron chi connectivity index (χ1n) is 6.24. The van der Waals surface area contributed by atoms with Crippen molar-refractivity contribution in [3.05, 3.63) is 33.7 Å². The number of piperazine rings is 1. The molecule has 0 spiro atoms. The van der Waals surface area contributed by atoms with E-state index in [1.807, 2.05) is 0 Å². The number of hydrogen-bond donors (Lipinski definition) is 1. The maximum absolute atomic E-state index is 12.3. The Labute approximate surface area is 111 Å². The summed E-state index contributed by atoms with van der Waals surface area (Å²) in [5, 5.41) is 0. The van der Waals surface area contributed by atoms with Crippen molar-refractivity contribution in [2.75, 3.05) is 26.2 Å². The highest BCUT2D eigenvalue weighted by molar-refractivity contribution is 5.95. The van der Waals surface area contributed by atoms with Gasteiger partial charge in [0.1, 0.15) is 5.56 Å². The van der Waals surface area contributed by atoms with Crippen molar-refractivity contribution < 1.29 is 9.59 Å². The summed E-state index contributed by atoms with van der Waals surface area (Å²) in [6.45, 7) is 5.23. The highest BCUT2D eigenvalue weighted by Crippen LogP contribution is 2.09. The Bertz CT molecular complexity index is 556. The highest BCUT2D eigenvalue weighted by Gasteiger charge is 2.25. The van der Waals surface area contributed by atoms with Crippen LogP contribution in [0.4, 0.5) is 0 Å². The molecule has 0 bridgehead atoms. The molecule has 1 aromatic heterocycles. The van der Waals surface area contributed by atoms with Crippen molar-refractivity contribution >= 4 is 11.8 Å². The lowest BCUT2D eigenvalue weighted by Gasteiger charge is -2.34. The Morgan fingerprint density at radius 2 is 1.74 bits per heavy atom. The zero-order valence-electron chi connectivity index (χ0n) is 11.1. The Morgan fingerprint density at radius 3 is 2.26 bits per heavy atom. The molecule has 1 aliphatic rings. The van der Waals surface area contributed by atoms with Crippen molar-refractivity contribution in [3.63, 3.8) is 0 Å². The monoisotopic (exact) mass is 263 g/mol. The zero-order chi connectivity index (χ0) is 14.0. The number of carbonyl (C=O) groups is 2. The molecule has 102 valence electrons. The van der Waals surface area contributed by atoms with Gasteiger partial charge in [-0.15, -0.1) is 0 Å². The maximum atomic E-state index is 12.3. The van der Waals surface area contributed by atoms with Gasteiger partial charge in [-0.05, 0) is 18.6 Å². The van der Waals surface area contributed by atoms with Gasteiger partial charge < -0.3 is 14.8 Å². The molecule has 1 saturated heterocycles. The molecule has 1 N–H and O–H groups in total. The predicted molar refractivity (Wildman–Crippen MR) is 70.0 cm³/mol. The van der Waals surface area contributed by atoms with Crippen LogP contribution in [0.25, 0.3) is 0 Å². The van der Waals surface area contributed by atoms with Gasteiger partial charge >= 0.3 is 0 Å². The molecule has 6 nitrogen and oxygen atoms in total. The molecule has 1 aromatic rings. The molecule has 1 aliphatic heterocycles. The Hall–Kier alpha value is -2.11. The first-order chi connectivity index (χ1) is 9.00. The fraction of sp³-hybridized carbons (Fsp3) is 0.462. The smallest absolute Gasteiger partial charge is 0.261 e. The minimum absolute atomic E-state index is 0.0147. The third-order valence-corrected chi connectivity index (χ3v) is 3.40. The van der Waals surface area contributed by atoms with Gasteiger partial charge in [0.2, 0.25) is 5.91 Å². The maximum Gasteiger partial charge on any atom is 0.261 e. The SMILES string of the molecule is CC(=O)N1CCN(C(=O)c2c(C)cc[nH]c2=O)CC1. The lowest BCUT2D eigenvalue weighted by Crippen LogP contribution is -2.50. The Balaban J connectivity index is 2.14. The Morgan fingerprint density at radius 1 is 1.16 bits per heavy atom. The van der Waals surface area contributed by atoms with Crippen LogP contribution in [0.15, 0.2) is 17.1 Å². The number of hydrogen-bond acceptors (Lipinski definition) is 3. The number of aromatic amines is 1. The molecule has 2 amide bonds.